The number of fused-ring (bicyclic) bond motifs is 16. The van der Waals surface area contributed by atoms with E-state index in [9.17, 15) is 0 Å². The van der Waals surface area contributed by atoms with Crippen molar-refractivity contribution in [2.45, 2.75) is 12.8 Å². The van der Waals surface area contributed by atoms with Gasteiger partial charge in [0.1, 0.15) is 11.2 Å². The van der Waals surface area contributed by atoms with Gasteiger partial charge in [-0.2, -0.15) is 0 Å². The maximum Gasteiger partial charge on any atom is 0.164 e. The topological polar surface area (TPSA) is 43.1 Å². The molecule has 3 aromatic carbocycles. The normalized spacial score (nSPS) is 13.5. The van der Waals surface area contributed by atoms with Gasteiger partial charge in [0, 0.05) is 34.7 Å². The van der Waals surface area contributed by atoms with Gasteiger partial charge >= 0.3 is 0 Å². The van der Waals surface area contributed by atoms with Crippen molar-refractivity contribution in [3.8, 4) is 22.3 Å². The standard InChI is InChI=1S/C31H18N4/c1-2-5-19-17(4-1)14-23-20(19)9-10-21-24(23)15-18-7-8-22-29(28(18)21)25-16-32-13-11-27(25)35-30(22)34-26-6-3-12-33-31(26)35/h1-13,16H,14-15H2. The third-order valence-corrected chi connectivity index (χ3v) is 8.00. The number of hydrogen-bond acceptors (Lipinski definition) is 3. The zero-order valence-corrected chi connectivity index (χ0v) is 18.8. The zero-order valence-electron chi connectivity index (χ0n) is 18.8. The number of hydrogen-bond donors (Lipinski definition) is 0. The van der Waals surface area contributed by atoms with Gasteiger partial charge in [0.15, 0.2) is 5.65 Å². The Hall–Kier alpha value is -4.57. The van der Waals surface area contributed by atoms with E-state index in [-0.39, 0.29) is 0 Å². The highest BCUT2D eigenvalue weighted by Crippen LogP contribution is 2.50. The van der Waals surface area contributed by atoms with Crippen molar-refractivity contribution in [3.05, 3.63) is 108 Å². The van der Waals surface area contributed by atoms with Crippen LogP contribution in [0, 0.1) is 0 Å². The lowest BCUT2D eigenvalue weighted by Gasteiger charge is -2.13. The molecule has 0 spiro atoms. The van der Waals surface area contributed by atoms with E-state index >= 15 is 0 Å². The van der Waals surface area contributed by atoms with E-state index in [1.807, 2.05) is 30.7 Å². The van der Waals surface area contributed by atoms with Crippen LogP contribution < -0.4 is 0 Å². The number of nitrogens with zero attached hydrogens (tertiary/aromatic N) is 4. The summed E-state index contributed by atoms with van der Waals surface area (Å²) in [5.74, 6) is 0. The van der Waals surface area contributed by atoms with E-state index in [1.54, 1.807) is 0 Å². The molecule has 2 aliphatic rings. The molecule has 0 saturated heterocycles. The van der Waals surface area contributed by atoms with E-state index in [0.717, 1.165) is 45.9 Å². The highest BCUT2D eigenvalue weighted by atomic mass is 15.1. The Bertz CT molecular complexity index is 2070. The fraction of sp³-hybridized carbons (Fsp3) is 0.0645. The quantitative estimate of drug-likeness (QED) is 0.243. The maximum absolute atomic E-state index is 5.04. The molecular weight excluding hydrogens is 428 g/mol. The van der Waals surface area contributed by atoms with Gasteiger partial charge in [-0.25, -0.2) is 9.97 Å². The molecule has 2 aliphatic carbocycles. The number of imidazole rings is 1. The maximum atomic E-state index is 5.04. The molecule has 9 rings (SSSR count). The Kier molecular flexibility index (Phi) is 3.11. The molecule has 35 heavy (non-hydrogen) atoms. The smallest absolute Gasteiger partial charge is 0.164 e. The highest BCUT2D eigenvalue weighted by Gasteiger charge is 2.30. The molecule has 0 N–H and O–H groups in total. The van der Waals surface area contributed by atoms with E-state index in [0.29, 0.717) is 0 Å². The minimum Gasteiger partial charge on any atom is -0.276 e. The summed E-state index contributed by atoms with van der Waals surface area (Å²) in [5.41, 5.74) is 15.1. The van der Waals surface area contributed by atoms with Crippen LogP contribution in [0.2, 0.25) is 0 Å². The first-order valence-corrected chi connectivity index (χ1v) is 12.0. The average Bonchev–Trinajstić information content (AvgIpc) is 3.59. The van der Waals surface area contributed by atoms with Crippen LogP contribution >= 0.6 is 0 Å². The lowest BCUT2D eigenvalue weighted by Crippen LogP contribution is -1.95. The van der Waals surface area contributed by atoms with Crippen LogP contribution in [0.25, 0.3) is 60.7 Å². The van der Waals surface area contributed by atoms with Crippen LogP contribution in [0.5, 0.6) is 0 Å². The predicted octanol–water partition coefficient (Wildman–Crippen LogP) is 6.73. The molecule has 162 valence electrons. The van der Waals surface area contributed by atoms with Gasteiger partial charge in [0.25, 0.3) is 0 Å². The molecule has 0 radical (unpaired) electrons. The molecule has 0 unspecified atom stereocenters. The summed E-state index contributed by atoms with van der Waals surface area (Å²) in [6.07, 6.45) is 7.70. The van der Waals surface area contributed by atoms with E-state index in [1.165, 1.54) is 49.9 Å². The second kappa shape index (κ2) is 6.10. The van der Waals surface area contributed by atoms with Crippen LogP contribution in [0.1, 0.15) is 22.3 Å². The monoisotopic (exact) mass is 446 g/mol. The van der Waals surface area contributed by atoms with Crippen molar-refractivity contribution in [1.29, 1.82) is 0 Å². The number of aromatic nitrogens is 4. The van der Waals surface area contributed by atoms with Crippen molar-refractivity contribution in [1.82, 2.24) is 19.4 Å². The lowest BCUT2D eigenvalue weighted by molar-refractivity contribution is 1.16. The summed E-state index contributed by atoms with van der Waals surface area (Å²) in [7, 11) is 0. The minimum atomic E-state index is 0.886. The molecule has 0 fully saturated rings. The molecular formula is C31H18N4. The molecule has 0 atom stereocenters. The Morgan fingerprint density at radius 3 is 2.54 bits per heavy atom. The summed E-state index contributed by atoms with van der Waals surface area (Å²) >= 11 is 0. The van der Waals surface area contributed by atoms with Crippen LogP contribution in [-0.2, 0) is 12.8 Å². The SMILES string of the molecule is c1ccc2c(c1)Cc1c-2ccc2c1Cc1ccc3c(c1-2)c1cnccc1n1c2ncccc2nc31. The second-order valence-corrected chi connectivity index (χ2v) is 9.66. The van der Waals surface area contributed by atoms with Crippen LogP contribution in [0.3, 0.4) is 0 Å². The van der Waals surface area contributed by atoms with Crippen molar-refractivity contribution in [2.75, 3.05) is 0 Å². The first kappa shape index (κ1) is 17.8. The molecule has 7 aromatic rings. The third kappa shape index (κ3) is 2.11. The third-order valence-electron chi connectivity index (χ3n) is 8.00. The summed E-state index contributed by atoms with van der Waals surface area (Å²) < 4.78 is 2.19. The van der Waals surface area contributed by atoms with Crippen molar-refractivity contribution >= 4 is 38.5 Å². The first-order chi connectivity index (χ1) is 17.4. The van der Waals surface area contributed by atoms with Crippen LogP contribution in [0.4, 0.5) is 0 Å². The Morgan fingerprint density at radius 2 is 1.54 bits per heavy atom. The predicted molar refractivity (Wildman–Crippen MR) is 140 cm³/mol. The Labute approximate surface area is 200 Å². The van der Waals surface area contributed by atoms with Crippen molar-refractivity contribution < 1.29 is 0 Å². The lowest BCUT2D eigenvalue weighted by atomic mass is 9.93. The molecule has 0 saturated carbocycles. The molecule has 4 nitrogen and oxygen atoms in total. The molecule has 0 aliphatic heterocycles. The summed E-state index contributed by atoms with van der Waals surface area (Å²) in [6.45, 7) is 0. The fourth-order valence-corrected chi connectivity index (χ4v) is 6.56. The summed E-state index contributed by atoms with van der Waals surface area (Å²) in [6, 6.07) is 24.2. The van der Waals surface area contributed by atoms with Gasteiger partial charge in [-0.05, 0) is 75.5 Å². The molecule has 4 heterocycles. The van der Waals surface area contributed by atoms with Gasteiger partial charge in [-0.1, -0.05) is 48.5 Å². The number of pyridine rings is 3. The zero-order chi connectivity index (χ0) is 22.7. The average molecular weight is 447 g/mol. The summed E-state index contributed by atoms with van der Waals surface area (Å²) in [5, 5.41) is 3.55. The molecule has 0 amide bonds. The minimum absolute atomic E-state index is 0.886. The van der Waals surface area contributed by atoms with E-state index in [4.69, 9.17) is 4.98 Å². The number of rotatable bonds is 0. The van der Waals surface area contributed by atoms with Gasteiger partial charge in [0.05, 0.1) is 5.52 Å². The van der Waals surface area contributed by atoms with Gasteiger partial charge in [-0.3, -0.25) is 9.38 Å². The van der Waals surface area contributed by atoms with Gasteiger partial charge in [-0.15, -0.1) is 0 Å². The Morgan fingerprint density at radius 1 is 0.657 bits per heavy atom. The second-order valence-electron chi connectivity index (χ2n) is 9.66. The highest BCUT2D eigenvalue weighted by molar-refractivity contribution is 6.20. The van der Waals surface area contributed by atoms with E-state index < -0.39 is 0 Å². The summed E-state index contributed by atoms with van der Waals surface area (Å²) in [4.78, 5) is 14.3. The largest absolute Gasteiger partial charge is 0.276 e. The molecule has 4 aromatic heterocycles. The fourth-order valence-electron chi connectivity index (χ4n) is 6.56. The number of benzene rings is 3. The van der Waals surface area contributed by atoms with Crippen molar-refractivity contribution in [2.24, 2.45) is 0 Å². The van der Waals surface area contributed by atoms with E-state index in [2.05, 4.69) is 69.0 Å². The first-order valence-electron chi connectivity index (χ1n) is 12.0. The molecule has 0 bridgehead atoms. The van der Waals surface area contributed by atoms with Crippen LogP contribution in [0.15, 0.2) is 85.3 Å². The van der Waals surface area contributed by atoms with Gasteiger partial charge < -0.3 is 0 Å². The van der Waals surface area contributed by atoms with Crippen molar-refractivity contribution in [3.63, 3.8) is 0 Å². The van der Waals surface area contributed by atoms with Gasteiger partial charge in [0.2, 0.25) is 0 Å². The molecule has 4 heteroatoms. The Balaban J connectivity index is 1.44. The van der Waals surface area contributed by atoms with Crippen LogP contribution in [-0.4, -0.2) is 19.4 Å².